The molecule has 0 aliphatic heterocycles. The number of hydrogen-bond donors (Lipinski definition) is 2. The van der Waals surface area contributed by atoms with E-state index in [1.165, 1.54) is 0 Å². The number of carbonyl (C=O) groups excluding carboxylic acids is 2. The molecule has 0 fully saturated rings. The van der Waals surface area contributed by atoms with E-state index in [0.29, 0.717) is 0 Å². The summed E-state index contributed by atoms with van der Waals surface area (Å²) in [7, 11) is 0. The average Bonchev–Trinajstić information content (AvgIpc) is 2.24. The highest BCUT2D eigenvalue weighted by atomic mass is 19.1. The fraction of sp³-hybridized carbons (Fsp3) is 0.333. The minimum Gasteiger partial charge on any atom is -0.368 e. The number of amides is 2. The minimum absolute atomic E-state index is 0.277. The summed E-state index contributed by atoms with van der Waals surface area (Å²) in [5.74, 6) is -4.00. The van der Waals surface area contributed by atoms with Crippen LogP contribution < -0.4 is 11.1 Å². The molecular weight excluding hydrogens is 242 g/mol. The Labute approximate surface area is 103 Å². The van der Waals surface area contributed by atoms with Crippen LogP contribution in [0.25, 0.3) is 0 Å². The lowest BCUT2D eigenvalue weighted by atomic mass is 10.0. The first-order valence-corrected chi connectivity index (χ1v) is 5.38. The van der Waals surface area contributed by atoms with Crippen LogP contribution in [0, 0.1) is 17.6 Å². The van der Waals surface area contributed by atoms with E-state index in [0.717, 1.165) is 18.2 Å². The Kier molecular flexibility index (Phi) is 4.36. The summed E-state index contributed by atoms with van der Waals surface area (Å²) in [4.78, 5) is 22.8. The summed E-state index contributed by atoms with van der Waals surface area (Å²) >= 11 is 0. The molecule has 4 nitrogen and oxygen atoms in total. The van der Waals surface area contributed by atoms with E-state index in [-0.39, 0.29) is 5.92 Å². The van der Waals surface area contributed by atoms with Gasteiger partial charge in [0.2, 0.25) is 5.91 Å². The highest BCUT2D eigenvalue weighted by Gasteiger charge is 2.25. The third-order valence-corrected chi connectivity index (χ3v) is 2.45. The van der Waals surface area contributed by atoms with Crippen LogP contribution in [0.3, 0.4) is 0 Å². The van der Waals surface area contributed by atoms with Crippen molar-refractivity contribution in [1.82, 2.24) is 5.32 Å². The van der Waals surface area contributed by atoms with Crippen molar-refractivity contribution in [2.24, 2.45) is 11.7 Å². The van der Waals surface area contributed by atoms with Crippen LogP contribution in [0.4, 0.5) is 8.78 Å². The minimum atomic E-state index is -0.997. The van der Waals surface area contributed by atoms with Crippen molar-refractivity contribution in [3.05, 3.63) is 35.4 Å². The van der Waals surface area contributed by atoms with Gasteiger partial charge in [0.25, 0.3) is 5.91 Å². The first-order chi connectivity index (χ1) is 8.34. The van der Waals surface area contributed by atoms with E-state index in [9.17, 15) is 18.4 Å². The number of nitrogens with two attached hydrogens (primary N) is 1. The average molecular weight is 256 g/mol. The lowest BCUT2D eigenvalue weighted by molar-refractivity contribution is -0.120. The topological polar surface area (TPSA) is 72.2 Å². The highest BCUT2D eigenvalue weighted by Crippen LogP contribution is 2.12. The molecule has 98 valence electrons. The van der Waals surface area contributed by atoms with Crippen LogP contribution in [0.15, 0.2) is 18.2 Å². The van der Waals surface area contributed by atoms with Crippen molar-refractivity contribution in [1.29, 1.82) is 0 Å². The van der Waals surface area contributed by atoms with Crippen molar-refractivity contribution in [2.75, 3.05) is 0 Å². The number of hydrogen-bond acceptors (Lipinski definition) is 2. The molecule has 0 aliphatic rings. The van der Waals surface area contributed by atoms with Gasteiger partial charge in [-0.05, 0) is 18.1 Å². The molecule has 1 unspecified atom stereocenters. The van der Waals surface area contributed by atoms with Gasteiger partial charge in [-0.3, -0.25) is 9.59 Å². The molecule has 0 saturated heterocycles. The third kappa shape index (κ3) is 3.03. The van der Waals surface area contributed by atoms with Gasteiger partial charge in [-0.1, -0.05) is 19.9 Å². The molecule has 2 amide bonds. The Morgan fingerprint density at radius 3 is 2.11 bits per heavy atom. The fourth-order valence-corrected chi connectivity index (χ4v) is 1.49. The van der Waals surface area contributed by atoms with Gasteiger partial charge in [0.15, 0.2) is 0 Å². The van der Waals surface area contributed by atoms with Gasteiger partial charge in [0.1, 0.15) is 23.2 Å². The molecule has 1 rings (SSSR count). The monoisotopic (exact) mass is 256 g/mol. The third-order valence-electron chi connectivity index (χ3n) is 2.45. The van der Waals surface area contributed by atoms with Gasteiger partial charge in [-0.15, -0.1) is 0 Å². The molecule has 0 heterocycles. The SMILES string of the molecule is CC(C)C(NC(=O)c1c(F)cccc1F)C(N)=O. The molecule has 0 aromatic heterocycles. The largest absolute Gasteiger partial charge is 0.368 e. The summed E-state index contributed by atoms with van der Waals surface area (Å²) in [6, 6.07) is 2.10. The summed E-state index contributed by atoms with van der Waals surface area (Å²) in [5, 5.41) is 2.22. The molecule has 0 spiro atoms. The maximum Gasteiger partial charge on any atom is 0.257 e. The molecule has 0 bridgehead atoms. The van der Waals surface area contributed by atoms with E-state index < -0.39 is 35.1 Å². The van der Waals surface area contributed by atoms with E-state index >= 15 is 0 Å². The van der Waals surface area contributed by atoms with Crippen LogP contribution in [-0.2, 0) is 4.79 Å². The number of primary amides is 1. The lowest BCUT2D eigenvalue weighted by Gasteiger charge is -2.19. The smallest absolute Gasteiger partial charge is 0.257 e. The first-order valence-electron chi connectivity index (χ1n) is 5.38. The summed E-state index contributed by atoms with van der Waals surface area (Å²) in [6.45, 7) is 3.32. The van der Waals surface area contributed by atoms with Crippen LogP contribution in [0.2, 0.25) is 0 Å². The molecular formula is C12H14F2N2O2. The van der Waals surface area contributed by atoms with E-state index in [4.69, 9.17) is 5.73 Å². The number of carbonyl (C=O) groups is 2. The summed E-state index contributed by atoms with van der Waals surface area (Å²) in [5.41, 5.74) is 4.38. The molecule has 6 heteroatoms. The standard InChI is InChI=1S/C12H14F2N2O2/c1-6(2)10(11(15)17)16-12(18)9-7(13)4-3-5-8(9)14/h3-6,10H,1-2H3,(H2,15,17)(H,16,18). The zero-order chi connectivity index (χ0) is 13.9. The molecule has 3 N–H and O–H groups in total. The number of benzene rings is 1. The highest BCUT2D eigenvalue weighted by molar-refractivity contribution is 5.97. The summed E-state index contributed by atoms with van der Waals surface area (Å²) < 4.78 is 26.7. The molecule has 0 saturated carbocycles. The number of rotatable bonds is 4. The van der Waals surface area contributed by atoms with Crippen LogP contribution in [-0.4, -0.2) is 17.9 Å². The van der Waals surface area contributed by atoms with Gasteiger partial charge in [0.05, 0.1) is 0 Å². The Morgan fingerprint density at radius 2 is 1.72 bits per heavy atom. The quantitative estimate of drug-likeness (QED) is 0.849. The van der Waals surface area contributed by atoms with Gasteiger partial charge < -0.3 is 11.1 Å². The number of nitrogens with one attached hydrogen (secondary N) is 1. The molecule has 1 atom stereocenters. The molecule has 1 aromatic carbocycles. The van der Waals surface area contributed by atoms with Crippen molar-refractivity contribution in [3.63, 3.8) is 0 Å². The van der Waals surface area contributed by atoms with Crippen molar-refractivity contribution >= 4 is 11.8 Å². The van der Waals surface area contributed by atoms with Gasteiger partial charge in [-0.25, -0.2) is 8.78 Å². The Morgan fingerprint density at radius 1 is 1.22 bits per heavy atom. The predicted molar refractivity (Wildman–Crippen MR) is 61.6 cm³/mol. The first kappa shape index (κ1) is 14.1. The second-order valence-corrected chi connectivity index (χ2v) is 4.19. The zero-order valence-corrected chi connectivity index (χ0v) is 10.0. The second-order valence-electron chi connectivity index (χ2n) is 4.19. The van der Waals surface area contributed by atoms with E-state index in [1.54, 1.807) is 13.8 Å². The van der Waals surface area contributed by atoms with E-state index in [2.05, 4.69) is 5.32 Å². The van der Waals surface area contributed by atoms with Crippen molar-refractivity contribution in [3.8, 4) is 0 Å². The molecule has 18 heavy (non-hydrogen) atoms. The van der Waals surface area contributed by atoms with Crippen LogP contribution >= 0.6 is 0 Å². The Bertz CT molecular complexity index is 455. The van der Waals surface area contributed by atoms with Crippen LogP contribution in [0.1, 0.15) is 24.2 Å². The van der Waals surface area contributed by atoms with Crippen molar-refractivity contribution < 1.29 is 18.4 Å². The second kappa shape index (κ2) is 5.57. The number of halogens is 2. The van der Waals surface area contributed by atoms with Crippen LogP contribution in [0.5, 0.6) is 0 Å². The van der Waals surface area contributed by atoms with E-state index in [1.807, 2.05) is 0 Å². The molecule has 0 radical (unpaired) electrons. The zero-order valence-electron chi connectivity index (χ0n) is 10.0. The fourth-order valence-electron chi connectivity index (χ4n) is 1.49. The normalized spacial score (nSPS) is 12.3. The predicted octanol–water partition coefficient (Wildman–Crippen LogP) is 1.20. The summed E-state index contributed by atoms with van der Waals surface area (Å²) in [6.07, 6.45) is 0. The van der Waals surface area contributed by atoms with Gasteiger partial charge >= 0.3 is 0 Å². The maximum atomic E-state index is 13.3. The molecule has 0 aliphatic carbocycles. The van der Waals surface area contributed by atoms with Gasteiger partial charge in [-0.2, -0.15) is 0 Å². The Balaban J connectivity index is 2.98. The maximum absolute atomic E-state index is 13.3. The lowest BCUT2D eigenvalue weighted by Crippen LogP contribution is -2.48. The molecule has 1 aromatic rings. The Hall–Kier alpha value is -1.98. The van der Waals surface area contributed by atoms with Crippen molar-refractivity contribution in [2.45, 2.75) is 19.9 Å². The van der Waals surface area contributed by atoms with Gasteiger partial charge in [0, 0.05) is 0 Å².